The molecule has 2 aromatic carbocycles. The number of fused-ring (bicyclic) bond motifs is 1. The highest BCUT2D eigenvalue weighted by Crippen LogP contribution is 2.29. The molecule has 0 spiro atoms. The molecule has 30 heavy (non-hydrogen) atoms. The third-order valence-electron chi connectivity index (χ3n) is 4.97. The number of H-pyrrole nitrogens is 1. The second kappa shape index (κ2) is 8.14. The molecule has 0 amide bonds. The minimum atomic E-state index is 0.454. The molecule has 0 saturated carbocycles. The van der Waals surface area contributed by atoms with Crippen LogP contribution in [0.4, 0.5) is 23.1 Å². The van der Waals surface area contributed by atoms with E-state index in [1.165, 1.54) is 5.57 Å². The molecule has 0 unspecified atom stereocenters. The molecule has 0 atom stereocenters. The number of nitrogens with zero attached hydrogens (tertiary/aromatic N) is 3. The molecule has 5 rings (SSSR count). The predicted molar refractivity (Wildman–Crippen MR) is 122 cm³/mol. The van der Waals surface area contributed by atoms with E-state index in [1.807, 2.05) is 42.5 Å². The fourth-order valence-electron chi connectivity index (χ4n) is 3.48. The van der Waals surface area contributed by atoms with Crippen LogP contribution in [0, 0.1) is 0 Å². The van der Waals surface area contributed by atoms with Gasteiger partial charge in [0.1, 0.15) is 5.02 Å². The zero-order chi connectivity index (χ0) is 20.3. The molecule has 150 valence electrons. The van der Waals surface area contributed by atoms with Crippen LogP contribution in [0.2, 0.25) is 5.02 Å². The highest BCUT2D eigenvalue weighted by Gasteiger charge is 2.14. The van der Waals surface area contributed by atoms with Gasteiger partial charge in [-0.1, -0.05) is 35.9 Å². The zero-order valence-corrected chi connectivity index (χ0v) is 16.9. The van der Waals surface area contributed by atoms with E-state index in [4.69, 9.17) is 11.6 Å². The lowest BCUT2D eigenvalue weighted by Crippen LogP contribution is -2.20. The minimum absolute atomic E-state index is 0.454. The van der Waals surface area contributed by atoms with Gasteiger partial charge in [0.05, 0.1) is 17.4 Å². The van der Waals surface area contributed by atoms with Gasteiger partial charge >= 0.3 is 0 Å². The second-order valence-corrected chi connectivity index (χ2v) is 7.43. The quantitative estimate of drug-likeness (QED) is 0.370. The summed E-state index contributed by atoms with van der Waals surface area (Å²) in [5, 5.41) is 19.0. The Morgan fingerprint density at radius 3 is 2.73 bits per heavy atom. The molecule has 1 aliphatic rings. The van der Waals surface area contributed by atoms with Gasteiger partial charge in [-0.2, -0.15) is 10.1 Å². The van der Waals surface area contributed by atoms with Crippen molar-refractivity contribution in [2.45, 2.75) is 6.42 Å². The number of para-hydroxylation sites is 1. The topological polar surface area (TPSA) is 90.5 Å². The van der Waals surface area contributed by atoms with Crippen LogP contribution in [0.3, 0.4) is 0 Å². The molecule has 0 radical (unpaired) electrons. The fraction of sp³-hybridized carbons (Fsp3) is 0.136. The molecule has 3 heterocycles. The lowest BCUT2D eigenvalue weighted by Gasteiger charge is -2.12. The van der Waals surface area contributed by atoms with Gasteiger partial charge in [0, 0.05) is 23.3 Å². The molecule has 7 nitrogen and oxygen atoms in total. The molecule has 0 saturated heterocycles. The maximum Gasteiger partial charge on any atom is 0.229 e. The summed E-state index contributed by atoms with van der Waals surface area (Å²) in [6.07, 6.45) is 4.75. The average Bonchev–Trinajstić information content (AvgIpc) is 3.21. The Labute approximate surface area is 178 Å². The van der Waals surface area contributed by atoms with Crippen molar-refractivity contribution in [2.75, 3.05) is 23.7 Å². The molecular formula is C22H20ClN7. The summed E-state index contributed by atoms with van der Waals surface area (Å²) in [5.74, 6) is 1.01. The summed E-state index contributed by atoms with van der Waals surface area (Å²) in [6.45, 7) is 1.84. The van der Waals surface area contributed by atoms with Gasteiger partial charge in [-0.3, -0.25) is 5.10 Å². The molecular weight excluding hydrogens is 398 g/mol. The third kappa shape index (κ3) is 3.85. The molecule has 4 aromatic rings. The Hall–Kier alpha value is -3.42. The van der Waals surface area contributed by atoms with Crippen LogP contribution in [-0.2, 0) is 0 Å². The van der Waals surface area contributed by atoms with Gasteiger partial charge in [0.15, 0.2) is 5.82 Å². The van der Waals surface area contributed by atoms with Gasteiger partial charge in [-0.05, 0) is 48.9 Å². The number of benzene rings is 2. The summed E-state index contributed by atoms with van der Waals surface area (Å²) >= 11 is 6.28. The number of hydrogen-bond donors (Lipinski definition) is 4. The lowest BCUT2D eigenvalue weighted by molar-refractivity contribution is 0.737. The number of hydrogen-bond acceptors (Lipinski definition) is 6. The number of nitrogens with one attached hydrogen (secondary N) is 4. The third-order valence-corrected chi connectivity index (χ3v) is 5.24. The fourth-order valence-corrected chi connectivity index (χ4v) is 3.61. The standard InChI is InChI=1S/C22H20ClN7/c23-18-13-25-22(28-21(18)26-15-4-2-1-3-5-15)27-16-6-7-19-17(12-16)20(30-29-19)14-8-10-24-11-9-14/h1-8,12-13,24H,9-11H2,(H,29,30)(H2,25,26,27,28). The smallest absolute Gasteiger partial charge is 0.229 e. The first-order valence-electron chi connectivity index (χ1n) is 9.76. The SMILES string of the molecule is Clc1cnc(Nc2ccc3[nH]nc(C4=CCNCC4)c3c2)nc1Nc1ccccc1. The Kier molecular flexibility index (Phi) is 5.04. The van der Waals surface area contributed by atoms with E-state index < -0.39 is 0 Å². The van der Waals surface area contributed by atoms with Gasteiger partial charge in [-0.15, -0.1) is 0 Å². The largest absolute Gasteiger partial charge is 0.339 e. The van der Waals surface area contributed by atoms with Crippen molar-refractivity contribution >= 4 is 51.2 Å². The molecule has 4 N–H and O–H groups in total. The van der Waals surface area contributed by atoms with E-state index >= 15 is 0 Å². The summed E-state index contributed by atoms with van der Waals surface area (Å²) < 4.78 is 0. The first-order chi connectivity index (χ1) is 14.8. The Morgan fingerprint density at radius 2 is 1.90 bits per heavy atom. The number of anilines is 4. The van der Waals surface area contributed by atoms with Crippen LogP contribution >= 0.6 is 11.6 Å². The van der Waals surface area contributed by atoms with E-state index in [9.17, 15) is 0 Å². The van der Waals surface area contributed by atoms with Gasteiger partial charge in [-0.25, -0.2) is 4.98 Å². The summed E-state index contributed by atoms with van der Waals surface area (Å²) in [7, 11) is 0. The molecule has 2 aromatic heterocycles. The number of aromatic amines is 1. The second-order valence-electron chi connectivity index (χ2n) is 7.02. The lowest BCUT2D eigenvalue weighted by atomic mass is 10.0. The normalized spacial score (nSPS) is 13.8. The van der Waals surface area contributed by atoms with Crippen LogP contribution in [0.5, 0.6) is 0 Å². The predicted octanol–water partition coefficient (Wildman–Crippen LogP) is 4.87. The van der Waals surface area contributed by atoms with Gasteiger partial charge in [0.25, 0.3) is 0 Å². The summed E-state index contributed by atoms with van der Waals surface area (Å²) in [4.78, 5) is 8.85. The molecule has 0 fully saturated rings. The maximum absolute atomic E-state index is 6.28. The maximum atomic E-state index is 6.28. The van der Waals surface area contributed by atoms with Crippen molar-refractivity contribution in [1.29, 1.82) is 0 Å². The van der Waals surface area contributed by atoms with Crippen LogP contribution in [0.1, 0.15) is 12.1 Å². The summed E-state index contributed by atoms with van der Waals surface area (Å²) in [6, 6.07) is 15.8. The molecule has 0 bridgehead atoms. The highest BCUT2D eigenvalue weighted by molar-refractivity contribution is 6.32. The molecule has 1 aliphatic heterocycles. The minimum Gasteiger partial charge on any atom is -0.339 e. The van der Waals surface area contributed by atoms with E-state index in [0.717, 1.165) is 47.5 Å². The number of aromatic nitrogens is 4. The van der Waals surface area contributed by atoms with E-state index in [0.29, 0.717) is 16.8 Å². The zero-order valence-electron chi connectivity index (χ0n) is 16.1. The number of rotatable bonds is 5. The summed E-state index contributed by atoms with van der Waals surface area (Å²) in [5.41, 5.74) is 5.04. The van der Waals surface area contributed by atoms with Crippen LogP contribution in [-0.4, -0.2) is 33.3 Å². The van der Waals surface area contributed by atoms with Crippen LogP contribution in [0.25, 0.3) is 16.5 Å². The highest BCUT2D eigenvalue weighted by atomic mass is 35.5. The van der Waals surface area contributed by atoms with Crippen LogP contribution < -0.4 is 16.0 Å². The van der Waals surface area contributed by atoms with Crippen molar-refractivity contribution in [1.82, 2.24) is 25.5 Å². The van der Waals surface area contributed by atoms with Crippen LogP contribution in [0.15, 0.2) is 60.8 Å². The molecule has 0 aliphatic carbocycles. The van der Waals surface area contributed by atoms with E-state index in [2.05, 4.69) is 48.3 Å². The van der Waals surface area contributed by atoms with Gasteiger partial charge in [0.2, 0.25) is 5.95 Å². The Balaban J connectivity index is 1.43. The van der Waals surface area contributed by atoms with Crippen molar-refractivity contribution in [3.05, 3.63) is 71.5 Å². The Morgan fingerprint density at radius 1 is 1.00 bits per heavy atom. The monoisotopic (exact) mass is 417 g/mol. The first kappa shape index (κ1) is 18.6. The Bertz CT molecular complexity index is 1220. The first-order valence-corrected chi connectivity index (χ1v) is 10.1. The van der Waals surface area contributed by atoms with Crippen molar-refractivity contribution in [3.63, 3.8) is 0 Å². The number of halogens is 1. The average molecular weight is 418 g/mol. The van der Waals surface area contributed by atoms with Crippen molar-refractivity contribution < 1.29 is 0 Å². The van der Waals surface area contributed by atoms with Crippen molar-refractivity contribution in [2.24, 2.45) is 0 Å². The van der Waals surface area contributed by atoms with E-state index in [1.54, 1.807) is 6.20 Å². The molecule has 8 heteroatoms. The van der Waals surface area contributed by atoms with E-state index in [-0.39, 0.29) is 0 Å². The van der Waals surface area contributed by atoms with Gasteiger partial charge < -0.3 is 16.0 Å². The van der Waals surface area contributed by atoms with Crippen molar-refractivity contribution in [3.8, 4) is 0 Å².